The van der Waals surface area contributed by atoms with Gasteiger partial charge in [0.25, 0.3) is 0 Å². The summed E-state index contributed by atoms with van der Waals surface area (Å²) in [4.78, 5) is 28.1. The molecule has 134 valence electrons. The predicted octanol–water partition coefficient (Wildman–Crippen LogP) is 0.824. The molecule has 1 aliphatic heterocycles. The summed E-state index contributed by atoms with van der Waals surface area (Å²) in [5, 5.41) is 5.87. The molecule has 0 aromatic carbocycles. The van der Waals surface area contributed by atoms with Crippen molar-refractivity contribution in [1.82, 2.24) is 20.4 Å². The summed E-state index contributed by atoms with van der Waals surface area (Å²) in [6.45, 7) is 13.6. The van der Waals surface area contributed by atoms with Gasteiger partial charge in [-0.25, -0.2) is 0 Å². The highest BCUT2D eigenvalue weighted by Gasteiger charge is 2.16. The molecule has 0 atom stereocenters. The molecule has 0 aromatic heterocycles. The molecule has 23 heavy (non-hydrogen) atoms. The molecule has 0 aliphatic carbocycles. The Morgan fingerprint density at radius 3 is 1.52 bits per heavy atom. The fourth-order valence-electron chi connectivity index (χ4n) is 2.78. The topological polar surface area (TPSA) is 64.7 Å². The van der Waals surface area contributed by atoms with Crippen molar-refractivity contribution in [1.29, 1.82) is 0 Å². The van der Waals surface area contributed by atoms with Crippen molar-refractivity contribution in [3.63, 3.8) is 0 Å². The fraction of sp³-hybridized carbons (Fsp3) is 0.882. The Kier molecular flexibility index (Phi) is 9.17. The van der Waals surface area contributed by atoms with Crippen molar-refractivity contribution in [3.05, 3.63) is 0 Å². The van der Waals surface area contributed by atoms with E-state index in [0.717, 1.165) is 45.7 Å². The summed E-state index contributed by atoms with van der Waals surface area (Å²) in [5.41, 5.74) is 0. The molecule has 1 heterocycles. The highest BCUT2D eigenvalue weighted by Crippen LogP contribution is 2.05. The predicted molar refractivity (Wildman–Crippen MR) is 93.3 cm³/mol. The number of rotatable bonds is 8. The SMILES string of the molecule is CC(C)NC(=O)CCN1CCCN(CCC(=O)NC(C)C)CC1. The van der Waals surface area contributed by atoms with Crippen LogP contribution in [0.4, 0.5) is 0 Å². The molecular formula is C17H34N4O2. The summed E-state index contributed by atoms with van der Waals surface area (Å²) < 4.78 is 0. The number of nitrogens with zero attached hydrogens (tertiary/aromatic N) is 2. The fourth-order valence-corrected chi connectivity index (χ4v) is 2.78. The zero-order valence-corrected chi connectivity index (χ0v) is 15.2. The maximum atomic E-state index is 11.7. The van der Waals surface area contributed by atoms with E-state index in [2.05, 4.69) is 20.4 Å². The normalized spacial score (nSPS) is 17.3. The number of hydrogen-bond donors (Lipinski definition) is 2. The molecule has 2 amide bonds. The first kappa shape index (κ1) is 19.9. The second-order valence-electron chi connectivity index (χ2n) is 6.98. The van der Waals surface area contributed by atoms with Crippen LogP contribution in [0.15, 0.2) is 0 Å². The van der Waals surface area contributed by atoms with Crippen LogP contribution in [0, 0.1) is 0 Å². The number of carbonyl (C=O) groups excluding carboxylic acids is 2. The number of hydrogen-bond acceptors (Lipinski definition) is 4. The molecule has 0 bridgehead atoms. The van der Waals surface area contributed by atoms with Crippen molar-refractivity contribution in [2.75, 3.05) is 39.3 Å². The second kappa shape index (κ2) is 10.6. The molecule has 1 aliphatic rings. The van der Waals surface area contributed by atoms with Gasteiger partial charge in [0.15, 0.2) is 0 Å². The summed E-state index contributed by atoms with van der Waals surface area (Å²) >= 11 is 0. The third-order valence-corrected chi connectivity index (χ3v) is 3.89. The maximum absolute atomic E-state index is 11.7. The van der Waals surface area contributed by atoms with Crippen LogP contribution in [0.2, 0.25) is 0 Å². The first-order chi connectivity index (χ1) is 10.9. The lowest BCUT2D eigenvalue weighted by Crippen LogP contribution is -2.37. The molecule has 2 N–H and O–H groups in total. The Labute approximate surface area is 141 Å². The van der Waals surface area contributed by atoms with Crippen LogP contribution < -0.4 is 10.6 Å². The minimum Gasteiger partial charge on any atom is -0.354 e. The first-order valence-electron chi connectivity index (χ1n) is 8.90. The number of amides is 2. The minimum absolute atomic E-state index is 0.131. The van der Waals surface area contributed by atoms with Crippen molar-refractivity contribution in [2.45, 2.75) is 59.0 Å². The quantitative estimate of drug-likeness (QED) is 0.693. The molecule has 6 heteroatoms. The Morgan fingerprint density at radius 1 is 0.783 bits per heavy atom. The van der Waals surface area contributed by atoms with Gasteiger partial charge in [-0.2, -0.15) is 0 Å². The first-order valence-corrected chi connectivity index (χ1v) is 8.90. The third kappa shape index (κ3) is 9.56. The van der Waals surface area contributed by atoms with Crippen LogP contribution in [-0.4, -0.2) is 73.0 Å². The summed E-state index contributed by atoms with van der Waals surface area (Å²) in [6, 6.07) is 0.415. The highest BCUT2D eigenvalue weighted by molar-refractivity contribution is 5.76. The smallest absolute Gasteiger partial charge is 0.221 e. The Morgan fingerprint density at radius 2 is 1.17 bits per heavy atom. The van der Waals surface area contributed by atoms with Gasteiger partial charge in [0, 0.05) is 51.1 Å². The lowest BCUT2D eigenvalue weighted by molar-refractivity contribution is -0.122. The third-order valence-electron chi connectivity index (χ3n) is 3.89. The monoisotopic (exact) mass is 326 g/mol. The summed E-state index contributed by atoms with van der Waals surface area (Å²) in [5.74, 6) is 0.262. The van der Waals surface area contributed by atoms with Gasteiger partial charge in [0.05, 0.1) is 0 Å². The van der Waals surface area contributed by atoms with E-state index in [-0.39, 0.29) is 23.9 Å². The van der Waals surface area contributed by atoms with E-state index in [0.29, 0.717) is 12.8 Å². The van der Waals surface area contributed by atoms with Gasteiger partial charge in [-0.1, -0.05) is 0 Å². The summed E-state index contributed by atoms with van der Waals surface area (Å²) in [7, 11) is 0. The zero-order chi connectivity index (χ0) is 17.2. The zero-order valence-electron chi connectivity index (χ0n) is 15.2. The highest BCUT2D eigenvalue weighted by atomic mass is 16.2. The lowest BCUT2D eigenvalue weighted by atomic mass is 10.3. The molecule has 0 spiro atoms. The largest absolute Gasteiger partial charge is 0.354 e. The van der Waals surface area contributed by atoms with E-state index < -0.39 is 0 Å². The van der Waals surface area contributed by atoms with Crippen LogP contribution in [0.5, 0.6) is 0 Å². The van der Waals surface area contributed by atoms with E-state index in [9.17, 15) is 9.59 Å². The van der Waals surface area contributed by atoms with Gasteiger partial charge < -0.3 is 20.4 Å². The van der Waals surface area contributed by atoms with Crippen molar-refractivity contribution >= 4 is 11.8 Å². The Balaban J connectivity index is 2.22. The second-order valence-corrected chi connectivity index (χ2v) is 6.98. The molecular weight excluding hydrogens is 292 g/mol. The van der Waals surface area contributed by atoms with Gasteiger partial charge in [-0.05, 0) is 47.2 Å². The average molecular weight is 326 g/mol. The van der Waals surface area contributed by atoms with Crippen LogP contribution in [0.3, 0.4) is 0 Å². The van der Waals surface area contributed by atoms with Crippen LogP contribution >= 0.6 is 0 Å². The molecule has 0 radical (unpaired) electrons. The van der Waals surface area contributed by atoms with E-state index in [1.807, 2.05) is 27.7 Å². The summed E-state index contributed by atoms with van der Waals surface area (Å²) in [6.07, 6.45) is 2.22. The van der Waals surface area contributed by atoms with E-state index in [1.165, 1.54) is 0 Å². The van der Waals surface area contributed by atoms with Crippen molar-refractivity contribution < 1.29 is 9.59 Å². The molecule has 0 saturated carbocycles. The maximum Gasteiger partial charge on any atom is 0.221 e. The van der Waals surface area contributed by atoms with Crippen molar-refractivity contribution in [2.24, 2.45) is 0 Å². The molecule has 1 fully saturated rings. The number of nitrogens with one attached hydrogen (secondary N) is 2. The van der Waals surface area contributed by atoms with Gasteiger partial charge >= 0.3 is 0 Å². The lowest BCUT2D eigenvalue weighted by Gasteiger charge is -2.21. The van der Waals surface area contributed by atoms with E-state index >= 15 is 0 Å². The Hall–Kier alpha value is -1.14. The van der Waals surface area contributed by atoms with Crippen LogP contribution in [0.25, 0.3) is 0 Å². The van der Waals surface area contributed by atoms with Gasteiger partial charge in [-0.15, -0.1) is 0 Å². The van der Waals surface area contributed by atoms with Crippen molar-refractivity contribution in [3.8, 4) is 0 Å². The van der Waals surface area contributed by atoms with Gasteiger partial charge in [-0.3, -0.25) is 9.59 Å². The minimum atomic E-state index is 0.131. The molecule has 0 aromatic rings. The molecule has 1 rings (SSSR count). The van der Waals surface area contributed by atoms with E-state index in [1.54, 1.807) is 0 Å². The van der Waals surface area contributed by atoms with Crippen LogP contribution in [0.1, 0.15) is 47.0 Å². The average Bonchev–Trinajstić information content (AvgIpc) is 2.66. The molecule has 0 unspecified atom stereocenters. The van der Waals surface area contributed by atoms with Crippen LogP contribution in [-0.2, 0) is 9.59 Å². The standard InChI is InChI=1S/C17H34N4O2/c1-14(2)18-16(22)6-10-20-8-5-9-21(13-12-20)11-7-17(23)19-15(3)4/h14-15H,5-13H2,1-4H3,(H,18,22)(H,19,23). The van der Waals surface area contributed by atoms with Gasteiger partial charge in [0.1, 0.15) is 0 Å². The number of carbonyl (C=O) groups is 2. The molecule has 1 saturated heterocycles. The van der Waals surface area contributed by atoms with Gasteiger partial charge in [0.2, 0.25) is 11.8 Å². The van der Waals surface area contributed by atoms with E-state index in [4.69, 9.17) is 0 Å². The molecule has 6 nitrogen and oxygen atoms in total. The Bertz CT molecular complexity index is 338.